The molecule has 0 N–H and O–H groups in total. The molecule has 2 heterocycles. The van der Waals surface area contributed by atoms with Gasteiger partial charge in [0.1, 0.15) is 20.1 Å². The number of aromatic nitrogens is 2. The van der Waals surface area contributed by atoms with E-state index >= 15 is 0 Å². The Kier molecular flexibility index (Phi) is 7.91. The van der Waals surface area contributed by atoms with Crippen molar-refractivity contribution in [3.8, 4) is 35.9 Å². The van der Waals surface area contributed by atoms with Gasteiger partial charge in [0, 0.05) is 44.7 Å². The SMILES string of the molecule is [B]C(F)(P)C(=O)N(C)c1cc(C#C)ccc1-c1cc2n(n1)C(C)CN(CC(=O)N(C)CCC#C)C2=O. The number of benzene rings is 1. The van der Waals surface area contributed by atoms with E-state index < -0.39 is 11.2 Å². The van der Waals surface area contributed by atoms with E-state index in [1.54, 1.807) is 45.2 Å². The molecule has 0 spiro atoms. The summed E-state index contributed by atoms with van der Waals surface area (Å²) >= 11 is 0. The van der Waals surface area contributed by atoms with E-state index in [9.17, 15) is 18.8 Å². The van der Waals surface area contributed by atoms with Crippen molar-refractivity contribution in [2.24, 2.45) is 0 Å². The number of halogens is 1. The Labute approximate surface area is 213 Å². The molecule has 11 heteroatoms. The molecule has 3 atom stereocenters. The molecular formula is C25H26BFN5O3P. The minimum Gasteiger partial charge on any atom is -0.343 e. The normalized spacial score (nSPS) is 16.4. The predicted molar refractivity (Wildman–Crippen MR) is 140 cm³/mol. The quantitative estimate of drug-likeness (QED) is 0.326. The van der Waals surface area contributed by atoms with Gasteiger partial charge in [-0.05, 0) is 31.2 Å². The molecule has 0 bridgehead atoms. The summed E-state index contributed by atoms with van der Waals surface area (Å²) in [5.41, 5.74) is 1.87. The van der Waals surface area contributed by atoms with Crippen molar-refractivity contribution in [1.29, 1.82) is 0 Å². The van der Waals surface area contributed by atoms with Crippen LogP contribution in [0.5, 0.6) is 0 Å². The topological polar surface area (TPSA) is 78.8 Å². The monoisotopic (exact) mass is 505 g/mol. The molecule has 0 saturated heterocycles. The van der Waals surface area contributed by atoms with Crippen LogP contribution in [-0.2, 0) is 9.59 Å². The van der Waals surface area contributed by atoms with Crippen molar-refractivity contribution in [3.63, 3.8) is 0 Å². The first-order valence-corrected chi connectivity index (χ1v) is 11.7. The third-order valence-corrected chi connectivity index (χ3v) is 6.17. The smallest absolute Gasteiger partial charge is 0.272 e. The number of fused-ring (bicyclic) bond motifs is 1. The minimum atomic E-state index is -2.68. The highest BCUT2D eigenvalue weighted by Gasteiger charge is 2.34. The second-order valence-electron chi connectivity index (χ2n) is 8.67. The first-order chi connectivity index (χ1) is 16.9. The minimum absolute atomic E-state index is 0.0899. The number of rotatable bonds is 7. The van der Waals surface area contributed by atoms with Crippen LogP contribution < -0.4 is 4.90 Å². The fourth-order valence-corrected chi connectivity index (χ4v) is 4.12. The van der Waals surface area contributed by atoms with Crippen LogP contribution in [0.1, 0.15) is 35.4 Å². The third-order valence-electron chi connectivity index (χ3n) is 5.92. The van der Waals surface area contributed by atoms with Gasteiger partial charge in [-0.1, -0.05) is 15.2 Å². The number of hydrogen-bond donors (Lipinski definition) is 0. The first-order valence-electron chi connectivity index (χ1n) is 11.1. The summed E-state index contributed by atoms with van der Waals surface area (Å²) < 4.78 is 15.8. The van der Waals surface area contributed by atoms with Crippen LogP contribution in [0.25, 0.3) is 11.3 Å². The van der Waals surface area contributed by atoms with Crippen LogP contribution in [0, 0.1) is 24.7 Å². The largest absolute Gasteiger partial charge is 0.343 e. The van der Waals surface area contributed by atoms with Gasteiger partial charge >= 0.3 is 0 Å². The summed E-state index contributed by atoms with van der Waals surface area (Å²) in [6, 6.07) is 6.21. The van der Waals surface area contributed by atoms with Crippen molar-refractivity contribution in [2.75, 3.05) is 38.6 Å². The van der Waals surface area contributed by atoms with Gasteiger partial charge in [-0.3, -0.25) is 19.1 Å². The highest BCUT2D eigenvalue weighted by molar-refractivity contribution is 7.24. The van der Waals surface area contributed by atoms with Crippen LogP contribution in [-0.4, -0.2) is 84.2 Å². The standard InChI is InChI=1S/C25H26BFN5O3P/c1-6-8-11-29(4)22(33)15-31-14-16(3)32-21(23(31)34)13-19(28-32)18-10-9-17(7-2)12-20(18)30(5)24(35)25(26,27)36/h1-2,9-10,12-13,16H,8,11,14-15,36H2,3-5H3. The first kappa shape index (κ1) is 27.0. The summed E-state index contributed by atoms with van der Waals surface area (Å²) in [5, 5.41) is 1.91. The zero-order valence-corrected chi connectivity index (χ0v) is 21.5. The fraction of sp³-hybridized carbons (Fsp3) is 0.360. The lowest BCUT2D eigenvalue weighted by atomic mass is 9.98. The van der Waals surface area contributed by atoms with Crippen LogP contribution in [0.4, 0.5) is 10.1 Å². The van der Waals surface area contributed by atoms with Crippen molar-refractivity contribution < 1.29 is 18.8 Å². The van der Waals surface area contributed by atoms with Gasteiger partial charge in [-0.2, -0.15) is 5.10 Å². The number of anilines is 1. The van der Waals surface area contributed by atoms with Crippen molar-refractivity contribution >= 4 is 40.5 Å². The van der Waals surface area contributed by atoms with Gasteiger partial charge in [0.15, 0.2) is 5.31 Å². The molecular weight excluding hydrogens is 479 g/mol. The van der Waals surface area contributed by atoms with E-state index in [-0.39, 0.29) is 42.3 Å². The molecule has 0 aliphatic carbocycles. The zero-order chi connectivity index (χ0) is 26.8. The maximum atomic E-state index is 14.2. The van der Waals surface area contributed by atoms with E-state index in [2.05, 4.69) is 16.9 Å². The van der Waals surface area contributed by atoms with E-state index in [0.29, 0.717) is 29.8 Å². The Balaban J connectivity index is 1.97. The summed E-state index contributed by atoms with van der Waals surface area (Å²) in [5.74, 6) is 3.39. The van der Waals surface area contributed by atoms with Crippen LogP contribution >= 0.6 is 9.24 Å². The predicted octanol–water partition coefficient (Wildman–Crippen LogP) is 1.66. The lowest BCUT2D eigenvalue weighted by Gasteiger charge is -2.32. The second kappa shape index (κ2) is 10.6. The lowest BCUT2D eigenvalue weighted by Crippen LogP contribution is -2.47. The van der Waals surface area contributed by atoms with Gasteiger partial charge in [0.25, 0.3) is 11.8 Å². The Morgan fingerprint density at radius 1 is 1.33 bits per heavy atom. The van der Waals surface area contributed by atoms with E-state index in [0.717, 1.165) is 4.90 Å². The van der Waals surface area contributed by atoms with E-state index in [4.69, 9.17) is 20.7 Å². The van der Waals surface area contributed by atoms with Crippen molar-refractivity contribution in [3.05, 3.63) is 35.5 Å². The van der Waals surface area contributed by atoms with Gasteiger partial charge < -0.3 is 14.7 Å². The van der Waals surface area contributed by atoms with E-state index in [1.807, 2.05) is 6.92 Å². The van der Waals surface area contributed by atoms with Gasteiger partial charge in [-0.15, -0.1) is 18.8 Å². The zero-order valence-electron chi connectivity index (χ0n) is 20.4. The summed E-state index contributed by atoms with van der Waals surface area (Å²) in [4.78, 5) is 42.4. The Morgan fingerprint density at radius 2 is 2.03 bits per heavy atom. The number of hydrogen-bond acceptors (Lipinski definition) is 4. The van der Waals surface area contributed by atoms with Crippen LogP contribution in [0.15, 0.2) is 24.3 Å². The molecule has 3 unspecified atom stereocenters. The van der Waals surface area contributed by atoms with E-state index in [1.165, 1.54) is 16.8 Å². The Morgan fingerprint density at radius 3 is 2.64 bits per heavy atom. The molecule has 0 fully saturated rings. The molecule has 1 aliphatic heterocycles. The molecule has 36 heavy (non-hydrogen) atoms. The summed E-state index contributed by atoms with van der Waals surface area (Å²) in [6.45, 7) is 2.47. The highest BCUT2D eigenvalue weighted by Crippen LogP contribution is 2.35. The summed E-state index contributed by atoms with van der Waals surface area (Å²) in [7, 11) is 10.0. The number of carbonyl (C=O) groups is 3. The van der Waals surface area contributed by atoms with Crippen LogP contribution in [0.2, 0.25) is 0 Å². The van der Waals surface area contributed by atoms with Gasteiger partial charge in [0.05, 0.1) is 17.4 Å². The Bertz CT molecular complexity index is 1290. The fourth-order valence-electron chi connectivity index (χ4n) is 3.92. The summed E-state index contributed by atoms with van der Waals surface area (Å²) in [6.07, 6.45) is 11.2. The van der Waals surface area contributed by atoms with Gasteiger partial charge in [0.2, 0.25) is 5.91 Å². The number of carbonyl (C=O) groups excluding carboxylic acids is 3. The number of nitrogens with zero attached hydrogens (tertiary/aromatic N) is 5. The van der Waals surface area contributed by atoms with Gasteiger partial charge in [-0.25, -0.2) is 4.39 Å². The molecule has 2 radical (unpaired) electrons. The molecule has 1 aromatic carbocycles. The number of likely N-dealkylation sites (N-methyl/N-ethyl adjacent to an activating group) is 1. The molecule has 184 valence electrons. The Hall–Kier alpha value is -3.62. The maximum absolute atomic E-state index is 14.2. The number of terminal acetylenes is 2. The second-order valence-corrected chi connectivity index (χ2v) is 9.51. The number of alkyl halides is 1. The molecule has 3 rings (SSSR count). The molecule has 1 aromatic heterocycles. The van der Waals surface area contributed by atoms with Crippen molar-refractivity contribution in [1.82, 2.24) is 19.6 Å². The molecule has 2 aromatic rings. The highest BCUT2D eigenvalue weighted by atomic mass is 31.0. The lowest BCUT2D eigenvalue weighted by molar-refractivity contribution is -0.130. The third kappa shape index (κ3) is 5.45. The molecule has 0 saturated carbocycles. The maximum Gasteiger partial charge on any atom is 0.272 e. The molecule has 3 amide bonds. The average Bonchev–Trinajstić information content (AvgIpc) is 3.30. The van der Waals surface area contributed by atoms with Crippen LogP contribution in [0.3, 0.4) is 0 Å². The molecule has 8 nitrogen and oxygen atoms in total. The molecule has 1 aliphatic rings. The number of amides is 3. The van der Waals surface area contributed by atoms with Crippen molar-refractivity contribution in [2.45, 2.75) is 24.7 Å². The average molecular weight is 505 g/mol.